The number of amides is 1. The summed E-state index contributed by atoms with van der Waals surface area (Å²) >= 11 is 0. The second kappa shape index (κ2) is 7.95. The van der Waals surface area contributed by atoms with Crippen LogP contribution in [0.15, 0.2) is 77.9 Å². The van der Waals surface area contributed by atoms with Crippen LogP contribution in [0.2, 0.25) is 0 Å². The Morgan fingerprint density at radius 1 is 1.03 bits per heavy atom. The number of hydrogen-bond donors (Lipinski definition) is 1. The number of carbonyl (C=O) groups is 1. The summed E-state index contributed by atoms with van der Waals surface area (Å²) in [5.74, 6) is -0.385. The predicted molar refractivity (Wildman–Crippen MR) is 120 cm³/mol. The summed E-state index contributed by atoms with van der Waals surface area (Å²) in [7, 11) is 0. The monoisotopic (exact) mass is 397 g/mol. The molecule has 0 aliphatic heterocycles. The van der Waals surface area contributed by atoms with Crippen molar-refractivity contribution in [1.82, 2.24) is 14.9 Å². The first-order chi connectivity index (χ1) is 14.5. The van der Waals surface area contributed by atoms with Gasteiger partial charge in [0.1, 0.15) is 11.2 Å². The van der Waals surface area contributed by atoms with Crippen LogP contribution < -0.4 is 10.7 Å². The van der Waals surface area contributed by atoms with E-state index in [-0.39, 0.29) is 22.9 Å². The van der Waals surface area contributed by atoms with Gasteiger partial charge in [0.15, 0.2) is 0 Å². The van der Waals surface area contributed by atoms with Crippen LogP contribution in [0.4, 0.5) is 0 Å². The predicted octanol–water partition coefficient (Wildman–Crippen LogP) is 4.50. The number of pyridine rings is 2. The van der Waals surface area contributed by atoms with E-state index in [1.807, 2.05) is 48.7 Å². The normalized spacial score (nSPS) is 11.1. The molecule has 0 unspecified atom stereocenters. The first-order valence-electron chi connectivity index (χ1n) is 9.93. The average molecular weight is 397 g/mol. The summed E-state index contributed by atoms with van der Waals surface area (Å²) in [5.41, 5.74) is 4.50. The van der Waals surface area contributed by atoms with Crippen molar-refractivity contribution in [3.05, 3.63) is 94.4 Å². The molecule has 0 bridgehead atoms. The summed E-state index contributed by atoms with van der Waals surface area (Å²) in [6, 6.07) is 19.6. The van der Waals surface area contributed by atoms with Crippen molar-refractivity contribution in [1.29, 1.82) is 0 Å². The van der Waals surface area contributed by atoms with E-state index >= 15 is 0 Å². The van der Waals surface area contributed by atoms with Crippen molar-refractivity contribution in [2.45, 2.75) is 26.8 Å². The van der Waals surface area contributed by atoms with E-state index in [0.717, 1.165) is 16.8 Å². The molecule has 4 rings (SSSR count). The van der Waals surface area contributed by atoms with Crippen molar-refractivity contribution in [3.63, 3.8) is 0 Å². The minimum absolute atomic E-state index is 0.0701. The molecule has 1 amide bonds. The molecule has 0 saturated carbocycles. The Morgan fingerprint density at radius 2 is 1.83 bits per heavy atom. The molecule has 2 aromatic carbocycles. The molecule has 0 aliphatic carbocycles. The van der Waals surface area contributed by atoms with Crippen LogP contribution >= 0.6 is 0 Å². The lowest BCUT2D eigenvalue weighted by Gasteiger charge is -2.15. The largest absolute Gasteiger partial charge is 0.350 e. The number of hydrogen-bond acceptors (Lipinski definition) is 3. The molecule has 0 saturated heterocycles. The highest BCUT2D eigenvalue weighted by Gasteiger charge is 2.17. The van der Waals surface area contributed by atoms with Crippen molar-refractivity contribution >= 4 is 16.9 Å². The van der Waals surface area contributed by atoms with Crippen molar-refractivity contribution in [2.24, 2.45) is 0 Å². The molecular weight excluding hydrogens is 374 g/mol. The molecule has 5 heteroatoms. The molecular formula is C25H23N3O2. The van der Waals surface area contributed by atoms with E-state index in [0.29, 0.717) is 11.0 Å². The average Bonchev–Trinajstić information content (AvgIpc) is 2.74. The van der Waals surface area contributed by atoms with E-state index in [2.05, 4.69) is 35.4 Å². The van der Waals surface area contributed by atoms with Gasteiger partial charge in [-0.3, -0.25) is 9.59 Å². The zero-order chi connectivity index (χ0) is 21.3. The van der Waals surface area contributed by atoms with Gasteiger partial charge in [0.2, 0.25) is 5.43 Å². The highest BCUT2D eigenvalue weighted by Crippen LogP contribution is 2.26. The van der Waals surface area contributed by atoms with Crippen molar-refractivity contribution in [3.8, 4) is 16.8 Å². The highest BCUT2D eigenvalue weighted by atomic mass is 16.2. The molecule has 0 aliphatic rings. The van der Waals surface area contributed by atoms with Crippen LogP contribution in [0.1, 0.15) is 29.8 Å². The zero-order valence-electron chi connectivity index (χ0n) is 17.2. The van der Waals surface area contributed by atoms with E-state index in [9.17, 15) is 9.59 Å². The number of nitrogens with zero attached hydrogens (tertiary/aromatic N) is 2. The van der Waals surface area contributed by atoms with Crippen LogP contribution in [0.5, 0.6) is 0 Å². The molecule has 2 aromatic heterocycles. The number of rotatable bonds is 4. The van der Waals surface area contributed by atoms with Gasteiger partial charge < -0.3 is 9.88 Å². The molecule has 0 spiro atoms. The minimum Gasteiger partial charge on any atom is -0.350 e. The fourth-order valence-corrected chi connectivity index (χ4v) is 3.58. The molecule has 0 fully saturated rings. The van der Waals surface area contributed by atoms with Gasteiger partial charge in [0.05, 0.1) is 5.39 Å². The molecule has 0 radical (unpaired) electrons. The van der Waals surface area contributed by atoms with Crippen LogP contribution in [0.3, 0.4) is 0 Å². The van der Waals surface area contributed by atoms with Crippen LogP contribution in [0, 0.1) is 6.92 Å². The second-order valence-corrected chi connectivity index (χ2v) is 7.61. The Bertz CT molecular complexity index is 1310. The van der Waals surface area contributed by atoms with Gasteiger partial charge >= 0.3 is 0 Å². The first-order valence-corrected chi connectivity index (χ1v) is 9.93. The third kappa shape index (κ3) is 3.62. The molecule has 4 aromatic rings. The van der Waals surface area contributed by atoms with E-state index < -0.39 is 0 Å². The summed E-state index contributed by atoms with van der Waals surface area (Å²) in [5, 5.41) is 3.23. The van der Waals surface area contributed by atoms with Crippen LogP contribution in [-0.4, -0.2) is 21.5 Å². The second-order valence-electron chi connectivity index (χ2n) is 7.61. The maximum Gasteiger partial charge on any atom is 0.256 e. The van der Waals surface area contributed by atoms with E-state index in [1.165, 1.54) is 5.56 Å². The van der Waals surface area contributed by atoms with Gasteiger partial charge in [-0.1, -0.05) is 36.4 Å². The maximum absolute atomic E-state index is 13.0. The molecule has 30 heavy (non-hydrogen) atoms. The van der Waals surface area contributed by atoms with Crippen LogP contribution in [0.25, 0.3) is 27.8 Å². The topological polar surface area (TPSA) is 64.0 Å². The Kier molecular flexibility index (Phi) is 5.19. The summed E-state index contributed by atoms with van der Waals surface area (Å²) < 4.78 is 1.81. The van der Waals surface area contributed by atoms with Gasteiger partial charge in [0, 0.05) is 24.1 Å². The highest BCUT2D eigenvalue weighted by molar-refractivity contribution is 5.97. The third-order valence-corrected chi connectivity index (χ3v) is 5.01. The number of aromatic nitrogens is 2. The summed E-state index contributed by atoms with van der Waals surface area (Å²) in [4.78, 5) is 30.1. The lowest BCUT2D eigenvalue weighted by Crippen LogP contribution is -2.34. The SMILES string of the molecule is Cc1ccccc1-c1cccc(-n2cc(C(=O)NC(C)C)c(=O)c3cccnc32)c1. The van der Waals surface area contributed by atoms with E-state index in [1.54, 1.807) is 24.5 Å². The summed E-state index contributed by atoms with van der Waals surface area (Å²) in [6.45, 7) is 5.81. The first kappa shape index (κ1) is 19.6. The number of aryl methyl sites for hydroxylation is 1. The van der Waals surface area contributed by atoms with Crippen LogP contribution in [-0.2, 0) is 0 Å². The Labute approximate surface area is 175 Å². The quantitative estimate of drug-likeness (QED) is 0.551. The fourth-order valence-electron chi connectivity index (χ4n) is 3.58. The van der Waals surface area contributed by atoms with Crippen molar-refractivity contribution < 1.29 is 4.79 Å². The van der Waals surface area contributed by atoms with Gasteiger partial charge in [0.25, 0.3) is 5.91 Å². The molecule has 2 heterocycles. The number of nitrogens with one attached hydrogen (secondary N) is 1. The lowest BCUT2D eigenvalue weighted by molar-refractivity contribution is 0.0941. The number of benzene rings is 2. The minimum atomic E-state index is -0.385. The number of carbonyl (C=O) groups excluding carboxylic acids is 1. The maximum atomic E-state index is 13.0. The van der Waals surface area contributed by atoms with Gasteiger partial charge in [-0.25, -0.2) is 4.98 Å². The molecule has 0 atom stereocenters. The van der Waals surface area contributed by atoms with Gasteiger partial charge in [-0.05, 0) is 61.7 Å². The molecule has 150 valence electrons. The van der Waals surface area contributed by atoms with Crippen molar-refractivity contribution in [2.75, 3.05) is 0 Å². The van der Waals surface area contributed by atoms with E-state index in [4.69, 9.17) is 0 Å². The Morgan fingerprint density at radius 3 is 2.60 bits per heavy atom. The molecule has 1 N–H and O–H groups in total. The third-order valence-electron chi connectivity index (χ3n) is 5.01. The van der Waals surface area contributed by atoms with Gasteiger partial charge in [-0.2, -0.15) is 0 Å². The fraction of sp³-hybridized carbons (Fsp3) is 0.160. The summed E-state index contributed by atoms with van der Waals surface area (Å²) in [6.07, 6.45) is 3.24. The smallest absolute Gasteiger partial charge is 0.256 e. The number of fused-ring (bicyclic) bond motifs is 1. The zero-order valence-corrected chi connectivity index (χ0v) is 17.2. The van der Waals surface area contributed by atoms with Gasteiger partial charge in [-0.15, -0.1) is 0 Å². The molecule has 5 nitrogen and oxygen atoms in total. The standard InChI is InChI=1S/C25H23N3O2/c1-16(2)27-25(30)22-15-28(24-21(23(22)29)12-7-13-26-24)19-10-6-9-18(14-19)20-11-5-4-8-17(20)3/h4-16H,1-3H3,(H,27,30). The lowest BCUT2D eigenvalue weighted by atomic mass is 10.00. The Balaban J connectivity index is 1.94. The Hall–Kier alpha value is -3.73.